The highest BCUT2D eigenvalue weighted by Gasteiger charge is 2.17. The number of nitrogens with zero attached hydrogens (tertiary/aromatic N) is 4. The Morgan fingerprint density at radius 3 is 2.49 bits per heavy atom. The molecule has 1 aliphatic heterocycles. The van der Waals surface area contributed by atoms with Gasteiger partial charge in [0.05, 0.1) is 19.5 Å². The maximum atomic E-state index is 12.9. The number of aromatic amines is 1. The van der Waals surface area contributed by atoms with Gasteiger partial charge in [-0.15, -0.1) is 0 Å². The first kappa shape index (κ1) is 22.7. The number of aromatic nitrogens is 4. The SMILES string of the molecule is Nc1cc(C(=O)c2ccccc2)ccc1-c1nc(Nc2ccc(N3CCOCC3)cc2)nc2nc[nH]c12. The predicted octanol–water partition coefficient (Wildman–Crippen LogP) is 4.41. The molecule has 0 bridgehead atoms. The van der Waals surface area contributed by atoms with E-state index >= 15 is 0 Å². The maximum absolute atomic E-state index is 12.9. The van der Waals surface area contributed by atoms with Crippen LogP contribution in [0.5, 0.6) is 0 Å². The van der Waals surface area contributed by atoms with Crippen molar-refractivity contribution in [3.8, 4) is 11.3 Å². The Labute approximate surface area is 213 Å². The van der Waals surface area contributed by atoms with Crippen LogP contribution >= 0.6 is 0 Å². The zero-order valence-electron chi connectivity index (χ0n) is 20.0. The van der Waals surface area contributed by atoms with Crippen molar-refractivity contribution in [2.24, 2.45) is 0 Å². The third-order valence-electron chi connectivity index (χ3n) is 6.39. The molecule has 1 aliphatic rings. The molecular weight excluding hydrogens is 466 g/mol. The first-order valence-corrected chi connectivity index (χ1v) is 12.1. The molecule has 6 rings (SSSR count). The van der Waals surface area contributed by atoms with Crippen LogP contribution in [0.4, 0.5) is 23.0 Å². The molecule has 0 saturated carbocycles. The standard InChI is InChI=1S/C28H25N7O2/c29-23-16-19(26(36)18-4-2-1-3-5-18)6-11-22(23)24-25-27(31-17-30-25)34-28(33-24)32-20-7-9-21(10-8-20)35-12-14-37-15-13-35/h1-11,16-17H,12-15,29H2,(H2,30,31,32,33,34). The summed E-state index contributed by atoms with van der Waals surface area (Å²) in [4.78, 5) is 31.9. The first-order valence-electron chi connectivity index (χ1n) is 12.1. The van der Waals surface area contributed by atoms with Crippen LogP contribution in [-0.4, -0.2) is 52.0 Å². The molecule has 184 valence electrons. The molecule has 4 N–H and O–H groups in total. The number of imidazole rings is 1. The summed E-state index contributed by atoms with van der Waals surface area (Å²) in [5.74, 6) is 0.314. The van der Waals surface area contributed by atoms with Crippen molar-refractivity contribution >= 4 is 40.0 Å². The van der Waals surface area contributed by atoms with Crippen LogP contribution in [0.2, 0.25) is 0 Å². The van der Waals surface area contributed by atoms with E-state index in [0.29, 0.717) is 45.2 Å². The lowest BCUT2D eigenvalue weighted by Gasteiger charge is -2.28. The van der Waals surface area contributed by atoms with E-state index in [-0.39, 0.29) is 5.78 Å². The fourth-order valence-electron chi connectivity index (χ4n) is 4.47. The minimum absolute atomic E-state index is 0.0869. The lowest BCUT2D eigenvalue weighted by atomic mass is 9.99. The minimum Gasteiger partial charge on any atom is -0.398 e. The third kappa shape index (κ3) is 4.60. The molecule has 3 heterocycles. The molecule has 9 nitrogen and oxygen atoms in total. The Morgan fingerprint density at radius 2 is 1.73 bits per heavy atom. The summed E-state index contributed by atoms with van der Waals surface area (Å²) in [7, 11) is 0. The van der Waals surface area contributed by atoms with Crippen molar-refractivity contribution in [2.75, 3.05) is 42.3 Å². The number of carbonyl (C=O) groups is 1. The highest BCUT2D eigenvalue weighted by atomic mass is 16.5. The Balaban J connectivity index is 1.30. The number of anilines is 4. The number of nitrogen functional groups attached to an aromatic ring is 1. The number of nitrogens with one attached hydrogen (secondary N) is 2. The Kier molecular flexibility index (Phi) is 5.95. The number of nitrogens with two attached hydrogens (primary N) is 1. The van der Waals surface area contributed by atoms with Crippen LogP contribution in [0.1, 0.15) is 15.9 Å². The van der Waals surface area contributed by atoms with Crippen molar-refractivity contribution in [1.82, 2.24) is 19.9 Å². The summed E-state index contributed by atoms with van der Waals surface area (Å²) in [6.45, 7) is 3.24. The Hall–Kier alpha value is -4.76. The zero-order valence-corrected chi connectivity index (χ0v) is 20.0. The largest absolute Gasteiger partial charge is 0.398 e. The van der Waals surface area contributed by atoms with Gasteiger partial charge in [-0.1, -0.05) is 36.4 Å². The van der Waals surface area contributed by atoms with Crippen molar-refractivity contribution in [1.29, 1.82) is 0 Å². The molecular formula is C28H25N7O2. The van der Waals surface area contributed by atoms with Gasteiger partial charge in [-0.3, -0.25) is 4.79 Å². The molecule has 1 fully saturated rings. The third-order valence-corrected chi connectivity index (χ3v) is 6.39. The van der Waals surface area contributed by atoms with Crippen LogP contribution in [-0.2, 0) is 4.74 Å². The normalized spacial score (nSPS) is 13.6. The van der Waals surface area contributed by atoms with Gasteiger partial charge < -0.3 is 25.7 Å². The number of hydrogen-bond donors (Lipinski definition) is 3. The number of rotatable bonds is 6. The average molecular weight is 492 g/mol. The monoisotopic (exact) mass is 491 g/mol. The summed E-state index contributed by atoms with van der Waals surface area (Å²) in [5, 5.41) is 3.28. The van der Waals surface area contributed by atoms with Gasteiger partial charge in [-0.2, -0.15) is 4.98 Å². The lowest BCUT2D eigenvalue weighted by Crippen LogP contribution is -2.36. The van der Waals surface area contributed by atoms with Gasteiger partial charge in [0.25, 0.3) is 0 Å². The van der Waals surface area contributed by atoms with Gasteiger partial charge in [0.15, 0.2) is 11.4 Å². The first-order chi connectivity index (χ1) is 18.2. The smallest absolute Gasteiger partial charge is 0.229 e. The fraction of sp³-hybridized carbons (Fsp3) is 0.143. The molecule has 2 aromatic heterocycles. The van der Waals surface area contributed by atoms with E-state index in [1.54, 1.807) is 30.6 Å². The number of H-pyrrole nitrogens is 1. The van der Waals surface area contributed by atoms with E-state index in [4.69, 9.17) is 15.5 Å². The summed E-state index contributed by atoms with van der Waals surface area (Å²) in [5.41, 5.74) is 12.5. The van der Waals surface area contributed by atoms with Gasteiger partial charge in [-0.25, -0.2) is 9.97 Å². The quantitative estimate of drug-likeness (QED) is 0.236. The van der Waals surface area contributed by atoms with E-state index in [1.807, 2.05) is 36.4 Å². The number of fused-ring (bicyclic) bond motifs is 1. The Morgan fingerprint density at radius 1 is 0.946 bits per heavy atom. The molecule has 37 heavy (non-hydrogen) atoms. The van der Waals surface area contributed by atoms with Crippen LogP contribution < -0.4 is 16.0 Å². The second kappa shape index (κ2) is 9.71. The summed E-state index contributed by atoms with van der Waals surface area (Å²) in [6.07, 6.45) is 1.58. The van der Waals surface area contributed by atoms with E-state index in [0.717, 1.165) is 37.7 Å². The molecule has 0 aliphatic carbocycles. The number of ether oxygens (including phenoxy) is 1. The zero-order chi connectivity index (χ0) is 25.2. The summed E-state index contributed by atoms with van der Waals surface area (Å²) < 4.78 is 5.44. The lowest BCUT2D eigenvalue weighted by molar-refractivity contribution is 0.103. The minimum atomic E-state index is -0.0869. The second-order valence-corrected chi connectivity index (χ2v) is 8.77. The molecule has 0 spiro atoms. The van der Waals surface area contributed by atoms with E-state index < -0.39 is 0 Å². The predicted molar refractivity (Wildman–Crippen MR) is 144 cm³/mol. The highest BCUT2D eigenvalue weighted by molar-refractivity contribution is 6.10. The molecule has 0 amide bonds. The van der Waals surface area contributed by atoms with Crippen molar-refractivity contribution < 1.29 is 9.53 Å². The molecule has 5 aromatic rings. The van der Waals surface area contributed by atoms with Gasteiger partial charge >= 0.3 is 0 Å². The number of morpholine rings is 1. The number of benzene rings is 3. The number of ketones is 1. The molecule has 0 radical (unpaired) electrons. The van der Waals surface area contributed by atoms with Gasteiger partial charge in [0.2, 0.25) is 5.95 Å². The van der Waals surface area contributed by atoms with Crippen LogP contribution in [0.15, 0.2) is 79.1 Å². The molecule has 9 heteroatoms. The van der Waals surface area contributed by atoms with E-state index in [9.17, 15) is 4.79 Å². The maximum Gasteiger partial charge on any atom is 0.229 e. The Bertz CT molecular complexity index is 1560. The topological polar surface area (TPSA) is 122 Å². The van der Waals surface area contributed by atoms with Crippen LogP contribution in [0.25, 0.3) is 22.4 Å². The molecule has 0 unspecified atom stereocenters. The van der Waals surface area contributed by atoms with Crippen molar-refractivity contribution in [3.63, 3.8) is 0 Å². The van der Waals surface area contributed by atoms with E-state index in [2.05, 4.69) is 37.3 Å². The molecule has 1 saturated heterocycles. The fourth-order valence-corrected chi connectivity index (χ4v) is 4.47. The molecule has 3 aromatic carbocycles. The van der Waals surface area contributed by atoms with Crippen LogP contribution in [0.3, 0.4) is 0 Å². The van der Waals surface area contributed by atoms with Gasteiger partial charge in [0, 0.05) is 46.8 Å². The van der Waals surface area contributed by atoms with Crippen molar-refractivity contribution in [3.05, 3.63) is 90.3 Å². The summed E-state index contributed by atoms with van der Waals surface area (Å²) >= 11 is 0. The summed E-state index contributed by atoms with van der Waals surface area (Å²) in [6, 6.07) is 22.5. The average Bonchev–Trinajstić information content (AvgIpc) is 3.42. The molecule has 0 atom stereocenters. The van der Waals surface area contributed by atoms with Crippen LogP contribution in [0, 0.1) is 0 Å². The highest BCUT2D eigenvalue weighted by Crippen LogP contribution is 2.32. The number of carbonyl (C=O) groups excluding carboxylic acids is 1. The second-order valence-electron chi connectivity index (χ2n) is 8.77. The number of hydrogen-bond acceptors (Lipinski definition) is 8. The van der Waals surface area contributed by atoms with E-state index in [1.165, 1.54) is 0 Å². The van der Waals surface area contributed by atoms with Crippen molar-refractivity contribution in [2.45, 2.75) is 0 Å². The van der Waals surface area contributed by atoms with Gasteiger partial charge in [-0.05, 0) is 36.4 Å². The van der Waals surface area contributed by atoms with Gasteiger partial charge in [0.1, 0.15) is 11.2 Å².